The molecule has 5 rings (SSSR count). The van der Waals surface area contributed by atoms with Crippen molar-refractivity contribution in [1.29, 1.82) is 5.26 Å². The number of aromatic nitrogens is 1. The zero-order chi connectivity index (χ0) is 24.2. The molecule has 7 heteroatoms. The number of halogens is 1. The third-order valence-corrected chi connectivity index (χ3v) is 6.59. The molecule has 0 saturated heterocycles. The number of amides is 1. The van der Waals surface area contributed by atoms with Crippen molar-refractivity contribution in [2.75, 3.05) is 5.32 Å². The Balaban J connectivity index is 1.29. The maximum absolute atomic E-state index is 12.7. The van der Waals surface area contributed by atoms with Gasteiger partial charge in [-0.2, -0.15) is 5.26 Å². The summed E-state index contributed by atoms with van der Waals surface area (Å²) in [6, 6.07) is 27.1. The number of thiazole rings is 1. The van der Waals surface area contributed by atoms with E-state index >= 15 is 0 Å². The lowest BCUT2D eigenvalue weighted by Crippen LogP contribution is -2.13. The first kappa shape index (κ1) is 22.6. The Labute approximate surface area is 210 Å². The second-order valence-corrected chi connectivity index (χ2v) is 9.33. The number of nitrogens with one attached hydrogen (secondary N) is 1. The Morgan fingerprint density at radius 1 is 1.06 bits per heavy atom. The number of carbonyl (C=O) groups excluding carboxylic acids is 1. The van der Waals surface area contributed by atoms with Gasteiger partial charge in [0, 0.05) is 34.2 Å². The van der Waals surface area contributed by atoms with Crippen molar-refractivity contribution >= 4 is 50.8 Å². The number of rotatable bonds is 6. The summed E-state index contributed by atoms with van der Waals surface area (Å²) in [5.74, 6) is 0.476. The van der Waals surface area contributed by atoms with Gasteiger partial charge in [-0.3, -0.25) is 10.1 Å². The lowest BCUT2D eigenvalue weighted by Gasteiger charge is -2.04. The highest BCUT2D eigenvalue weighted by Crippen LogP contribution is 2.27. The highest BCUT2D eigenvalue weighted by Gasteiger charge is 2.14. The maximum Gasteiger partial charge on any atom is 0.268 e. The summed E-state index contributed by atoms with van der Waals surface area (Å²) < 4.78 is 5.78. The minimum atomic E-state index is -0.539. The van der Waals surface area contributed by atoms with Gasteiger partial charge in [-0.25, -0.2) is 4.98 Å². The van der Waals surface area contributed by atoms with Crippen LogP contribution in [0.4, 0.5) is 5.13 Å². The Kier molecular flexibility index (Phi) is 6.44. The topological polar surface area (TPSA) is 78.9 Å². The Bertz CT molecular complexity index is 1590. The molecule has 0 aliphatic rings. The molecule has 2 aromatic heterocycles. The summed E-state index contributed by atoms with van der Waals surface area (Å²) in [7, 11) is 0. The Morgan fingerprint density at radius 3 is 2.69 bits per heavy atom. The maximum atomic E-state index is 12.7. The largest absolute Gasteiger partial charge is 0.457 e. The Hall–Kier alpha value is -4.18. The number of furan rings is 1. The van der Waals surface area contributed by atoms with Crippen LogP contribution in [0, 0.1) is 11.3 Å². The molecule has 0 spiro atoms. The minimum Gasteiger partial charge on any atom is -0.457 e. The smallest absolute Gasteiger partial charge is 0.268 e. The van der Waals surface area contributed by atoms with E-state index in [2.05, 4.69) is 34.6 Å². The van der Waals surface area contributed by atoms with Crippen LogP contribution in [0.15, 0.2) is 95.0 Å². The van der Waals surface area contributed by atoms with Crippen LogP contribution in [0.5, 0.6) is 0 Å². The number of hydrogen-bond donors (Lipinski definition) is 1. The lowest BCUT2D eigenvalue weighted by molar-refractivity contribution is -0.112. The molecule has 0 atom stereocenters. The summed E-state index contributed by atoms with van der Waals surface area (Å²) in [6.45, 7) is 0. The molecule has 0 aliphatic heterocycles. The molecule has 0 radical (unpaired) electrons. The Morgan fingerprint density at radius 2 is 1.86 bits per heavy atom. The van der Waals surface area contributed by atoms with E-state index in [1.54, 1.807) is 30.5 Å². The number of carbonyl (C=O) groups is 1. The van der Waals surface area contributed by atoms with Crippen LogP contribution in [0.2, 0.25) is 5.02 Å². The fraction of sp³-hybridized carbons (Fsp3) is 0.0357. The van der Waals surface area contributed by atoms with Gasteiger partial charge in [-0.1, -0.05) is 54.1 Å². The monoisotopic (exact) mass is 495 g/mol. The zero-order valence-electron chi connectivity index (χ0n) is 18.4. The van der Waals surface area contributed by atoms with E-state index in [0.717, 1.165) is 10.4 Å². The highest BCUT2D eigenvalue weighted by molar-refractivity contribution is 7.15. The highest BCUT2D eigenvalue weighted by atomic mass is 35.5. The van der Waals surface area contributed by atoms with Crippen molar-refractivity contribution in [3.05, 3.63) is 112 Å². The number of benzene rings is 3. The molecule has 2 heterocycles. The van der Waals surface area contributed by atoms with Crippen LogP contribution in [0.3, 0.4) is 0 Å². The quantitative estimate of drug-likeness (QED) is 0.197. The predicted molar refractivity (Wildman–Crippen MR) is 140 cm³/mol. The molecule has 0 aliphatic carbocycles. The van der Waals surface area contributed by atoms with Gasteiger partial charge in [0.2, 0.25) is 0 Å². The van der Waals surface area contributed by atoms with E-state index in [1.807, 2.05) is 36.4 Å². The number of fused-ring (bicyclic) bond motifs is 1. The van der Waals surface area contributed by atoms with Crippen molar-refractivity contribution < 1.29 is 9.21 Å². The van der Waals surface area contributed by atoms with Gasteiger partial charge in [0.05, 0.1) is 0 Å². The molecule has 0 unspecified atom stereocenters. The fourth-order valence-electron chi connectivity index (χ4n) is 3.74. The first-order valence-corrected chi connectivity index (χ1v) is 12.0. The van der Waals surface area contributed by atoms with Crippen LogP contribution in [-0.2, 0) is 11.2 Å². The van der Waals surface area contributed by atoms with E-state index in [-0.39, 0.29) is 5.57 Å². The number of nitriles is 1. The molecule has 0 bridgehead atoms. The summed E-state index contributed by atoms with van der Waals surface area (Å²) in [5, 5.41) is 15.7. The molecular weight excluding hydrogens is 478 g/mol. The van der Waals surface area contributed by atoms with E-state index in [4.69, 9.17) is 16.0 Å². The van der Waals surface area contributed by atoms with Gasteiger partial charge in [-0.05, 0) is 52.7 Å². The number of anilines is 1. The molecule has 35 heavy (non-hydrogen) atoms. The van der Waals surface area contributed by atoms with Crippen molar-refractivity contribution in [2.24, 2.45) is 0 Å². The molecule has 3 aromatic carbocycles. The molecule has 0 saturated carbocycles. The number of nitrogens with zero attached hydrogens (tertiary/aromatic N) is 2. The summed E-state index contributed by atoms with van der Waals surface area (Å²) in [5.41, 5.74) is 1.96. The van der Waals surface area contributed by atoms with Crippen molar-refractivity contribution in [2.45, 2.75) is 6.42 Å². The molecule has 5 nitrogen and oxygen atoms in total. The van der Waals surface area contributed by atoms with E-state index in [1.165, 1.54) is 33.7 Å². The first-order chi connectivity index (χ1) is 17.1. The molecule has 1 N–H and O–H groups in total. The van der Waals surface area contributed by atoms with Gasteiger partial charge >= 0.3 is 0 Å². The third-order valence-electron chi connectivity index (χ3n) is 5.43. The number of hydrogen-bond acceptors (Lipinski definition) is 5. The van der Waals surface area contributed by atoms with E-state index in [0.29, 0.717) is 28.1 Å². The zero-order valence-corrected chi connectivity index (χ0v) is 19.9. The van der Waals surface area contributed by atoms with Crippen molar-refractivity contribution in [1.82, 2.24) is 4.98 Å². The molecule has 0 fully saturated rings. The fourth-order valence-corrected chi connectivity index (χ4v) is 4.69. The third kappa shape index (κ3) is 5.17. The standard InChI is InChI=1S/C28H18ClN3O2S/c29-22-10-8-19(9-11-22)26-13-12-23(34-26)14-21(16-30)27(33)32-28-31-17-24(35-28)15-20-6-3-5-18-4-1-2-7-25(18)20/h1-14,17H,15H2,(H,31,32,33)/b21-14+. The predicted octanol–water partition coefficient (Wildman–Crippen LogP) is 7.35. The molecule has 1 amide bonds. The summed E-state index contributed by atoms with van der Waals surface area (Å²) >= 11 is 7.32. The summed E-state index contributed by atoms with van der Waals surface area (Å²) in [6.07, 6.45) is 3.87. The van der Waals surface area contributed by atoms with Gasteiger partial charge in [0.15, 0.2) is 5.13 Å². The van der Waals surface area contributed by atoms with Crippen molar-refractivity contribution in [3.8, 4) is 17.4 Å². The average Bonchev–Trinajstić information content (AvgIpc) is 3.53. The molecule has 5 aromatic rings. The van der Waals surface area contributed by atoms with Crippen LogP contribution in [-0.4, -0.2) is 10.9 Å². The minimum absolute atomic E-state index is 0.0761. The summed E-state index contributed by atoms with van der Waals surface area (Å²) in [4.78, 5) is 18.0. The van der Waals surface area contributed by atoms with Crippen LogP contribution >= 0.6 is 22.9 Å². The van der Waals surface area contributed by atoms with Gasteiger partial charge in [0.25, 0.3) is 5.91 Å². The lowest BCUT2D eigenvalue weighted by atomic mass is 10.0. The first-order valence-electron chi connectivity index (χ1n) is 10.8. The molecule has 170 valence electrons. The van der Waals surface area contributed by atoms with Gasteiger partial charge < -0.3 is 4.42 Å². The van der Waals surface area contributed by atoms with Crippen LogP contribution in [0.25, 0.3) is 28.2 Å². The average molecular weight is 496 g/mol. The molecular formula is C28H18ClN3O2S. The van der Waals surface area contributed by atoms with Gasteiger partial charge in [-0.15, -0.1) is 11.3 Å². The second-order valence-electron chi connectivity index (χ2n) is 7.78. The SMILES string of the molecule is N#C/C(=C\c1ccc(-c2ccc(Cl)cc2)o1)C(=O)Nc1ncc(Cc2cccc3ccccc23)s1. The van der Waals surface area contributed by atoms with Crippen LogP contribution < -0.4 is 5.32 Å². The van der Waals surface area contributed by atoms with E-state index < -0.39 is 5.91 Å². The van der Waals surface area contributed by atoms with Gasteiger partial charge in [0.1, 0.15) is 23.2 Å². The normalized spacial score (nSPS) is 11.4. The second kappa shape index (κ2) is 9.98. The van der Waals surface area contributed by atoms with Crippen LogP contribution in [0.1, 0.15) is 16.2 Å². The van der Waals surface area contributed by atoms with E-state index in [9.17, 15) is 10.1 Å². The van der Waals surface area contributed by atoms with Crippen molar-refractivity contribution in [3.63, 3.8) is 0 Å².